The second kappa shape index (κ2) is 9.89. The van der Waals surface area contributed by atoms with Gasteiger partial charge in [-0.25, -0.2) is 8.42 Å². The number of hydrogen-bond donors (Lipinski definition) is 1. The number of benzene rings is 3. The first-order valence-electron chi connectivity index (χ1n) is 11.5. The SMILES string of the molecule is C[C@H](NC(=O)[C@H](C)N(c1ccc(Oc2ccccc2)cc1)S(C)(=O)=O)c1ccc2c(c1)CCC2. The Kier molecular flexibility index (Phi) is 6.93. The van der Waals surface area contributed by atoms with Crippen LogP contribution in [0, 0.1) is 0 Å². The van der Waals surface area contributed by atoms with Crippen molar-refractivity contribution in [1.82, 2.24) is 5.32 Å². The van der Waals surface area contributed by atoms with Gasteiger partial charge in [-0.1, -0.05) is 36.4 Å². The first-order valence-corrected chi connectivity index (χ1v) is 13.3. The van der Waals surface area contributed by atoms with Crippen molar-refractivity contribution in [2.24, 2.45) is 0 Å². The highest BCUT2D eigenvalue weighted by Gasteiger charge is 2.30. The summed E-state index contributed by atoms with van der Waals surface area (Å²) in [6.07, 6.45) is 4.43. The molecular weight excluding hydrogens is 448 g/mol. The molecule has 7 heteroatoms. The summed E-state index contributed by atoms with van der Waals surface area (Å²) < 4.78 is 32.2. The summed E-state index contributed by atoms with van der Waals surface area (Å²) in [6, 6.07) is 21.2. The van der Waals surface area contributed by atoms with E-state index in [1.54, 1.807) is 31.2 Å². The number of para-hydroxylation sites is 1. The lowest BCUT2D eigenvalue weighted by Gasteiger charge is -2.29. The van der Waals surface area contributed by atoms with Crippen LogP contribution in [0.5, 0.6) is 11.5 Å². The van der Waals surface area contributed by atoms with E-state index in [1.807, 2.05) is 43.3 Å². The molecule has 178 valence electrons. The molecule has 3 aromatic carbocycles. The van der Waals surface area contributed by atoms with E-state index in [0.29, 0.717) is 17.2 Å². The quantitative estimate of drug-likeness (QED) is 0.494. The van der Waals surface area contributed by atoms with Gasteiger partial charge in [0, 0.05) is 0 Å². The van der Waals surface area contributed by atoms with Crippen molar-refractivity contribution in [2.75, 3.05) is 10.6 Å². The third-order valence-corrected chi connectivity index (χ3v) is 7.38. The molecule has 0 spiro atoms. The molecule has 1 aliphatic rings. The number of rotatable bonds is 8. The predicted molar refractivity (Wildman–Crippen MR) is 135 cm³/mol. The van der Waals surface area contributed by atoms with E-state index in [9.17, 15) is 13.2 Å². The van der Waals surface area contributed by atoms with Gasteiger partial charge in [-0.05, 0) is 86.2 Å². The van der Waals surface area contributed by atoms with Crippen molar-refractivity contribution in [3.8, 4) is 11.5 Å². The zero-order chi connectivity index (χ0) is 24.3. The molecule has 34 heavy (non-hydrogen) atoms. The number of nitrogens with zero attached hydrogens (tertiary/aromatic N) is 1. The minimum absolute atomic E-state index is 0.232. The average molecular weight is 479 g/mol. The normalized spacial score (nSPS) is 14.7. The zero-order valence-electron chi connectivity index (χ0n) is 19.7. The van der Waals surface area contributed by atoms with E-state index in [-0.39, 0.29) is 11.9 Å². The van der Waals surface area contributed by atoms with E-state index in [4.69, 9.17) is 4.74 Å². The molecule has 0 bridgehead atoms. The van der Waals surface area contributed by atoms with Crippen LogP contribution in [0.3, 0.4) is 0 Å². The summed E-state index contributed by atoms with van der Waals surface area (Å²) in [7, 11) is -3.71. The maximum atomic E-state index is 13.1. The van der Waals surface area contributed by atoms with Crippen LogP contribution in [0.25, 0.3) is 0 Å². The van der Waals surface area contributed by atoms with Gasteiger partial charge in [0.2, 0.25) is 15.9 Å². The molecule has 0 saturated carbocycles. The number of sulfonamides is 1. The predicted octanol–water partition coefficient (Wildman–Crippen LogP) is 5.00. The molecule has 2 atom stereocenters. The number of anilines is 1. The number of nitrogens with one attached hydrogen (secondary N) is 1. The Bertz CT molecular complexity index is 1260. The first kappa shape index (κ1) is 23.8. The number of ether oxygens (including phenoxy) is 1. The fraction of sp³-hybridized carbons (Fsp3) is 0.296. The molecule has 1 N–H and O–H groups in total. The second-order valence-electron chi connectivity index (χ2n) is 8.76. The lowest BCUT2D eigenvalue weighted by atomic mass is 10.0. The molecule has 0 unspecified atom stereocenters. The molecule has 0 aromatic heterocycles. The second-order valence-corrected chi connectivity index (χ2v) is 10.6. The third-order valence-electron chi connectivity index (χ3n) is 6.14. The molecule has 0 fully saturated rings. The van der Waals surface area contributed by atoms with Crippen LogP contribution < -0.4 is 14.4 Å². The summed E-state index contributed by atoms with van der Waals surface area (Å²) in [5, 5.41) is 2.98. The van der Waals surface area contributed by atoms with Gasteiger partial charge in [0.15, 0.2) is 0 Å². The molecular formula is C27H30N2O4S. The highest BCUT2D eigenvalue weighted by atomic mass is 32.2. The van der Waals surface area contributed by atoms with E-state index in [2.05, 4.69) is 17.4 Å². The van der Waals surface area contributed by atoms with Crippen molar-refractivity contribution in [3.63, 3.8) is 0 Å². The molecule has 1 amide bonds. The number of hydrogen-bond acceptors (Lipinski definition) is 4. The van der Waals surface area contributed by atoms with Crippen molar-refractivity contribution < 1.29 is 17.9 Å². The van der Waals surface area contributed by atoms with E-state index >= 15 is 0 Å². The summed E-state index contributed by atoms with van der Waals surface area (Å²) in [5.41, 5.74) is 4.13. The molecule has 1 aliphatic carbocycles. The fourth-order valence-electron chi connectivity index (χ4n) is 4.37. The summed E-state index contributed by atoms with van der Waals surface area (Å²) in [4.78, 5) is 13.1. The molecule has 3 aromatic rings. The number of aryl methyl sites for hydroxylation is 2. The molecule has 0 radical (unpaired) electrons. The van der Waals surface area contributed by atoms with Crippen molar-refractivity contribution in [1.29, 1.82) is 0 Å². The Labute approximate surface area is 201 Å². The van der Waals surface area contributed by atoms with Gasteiger partial charge >= 0.3 is 0 Å². The third kappa shape index (κ3) is 5.42. The Morgan fingerprint density at radius 1 is 0.912 bits per heavy atom. The van der Waals surface area contributed by atoms with E-state index in [0.717, 1.165) is 35.4 Å². The highest BCUT2D eigenvalue weighted by Crippen LogP contribution is 2.28. The van der Waals surface area contributed by atoms with Crippen molar-refractivity contribution >= 4 is 21.6 Å². The van der Waals surface area contributed by atoms with Gasteiger partial charge in [0.25, 0.3) is 0 Å². The summed E-state index contributed by atoms with van der Waals surface area (Å²) in [6.45, 7) is 3.52. The van der Waals surface area contributed by atoms with Crippen LogP contribution in [0.1, 0.15) is 43.0 Å². The monoisotopic (exact) mass is 478 g/mol. The van der Waals surface area contributed by atoms with Crippen LogP contribution in [0.2, 0.25) is 0 Å². The number of carbonyl (C=O) groups excluding carboxylic acids is 1. The summed E-state index contributed by atoms with van der Waals surface area (Å²) >= 11 is 0. The molecule has 0 saturated heterocycles. The first-order chi connectivity index (χ1) is 16.2. The highest BCUT2D eigenvalue weighted by molar-refractivity contribution is 7.92. The Morgan fingerprint density at radius 3 is 2.24 bits per heavy atom. The maximum absolute atomic E-state index is 13.1. The van der Waals surface area contributed by atoms with E-state index < -0.39 is 16.1 Å². The standard InChI is InChI=1S/C27H30N2O4S/c1-19(22-13-12-21-8-7-9-23(21)18-22)28-27(30)20(2)29(34(3,31)32)24-14-16-26(17-15-24)33-25-10-5-4-6-11-25/h4-6,10-20H,7-9H2,1-3H3,(H,28,30)/t19-,20-/m0/s1. The van der Waals surface area contributed by atoms with Gasteiger partial charge in [-0.2, -0.15) is 0 Å². The lowest BCUT2D eigenvalue weighted by molar-refractivity contribution is -0.122. The van der Waals surface area contributed by atoms with Crippen LogP contribution in [-0.4, -0.2) is 26.6 Å². The number of amides is 1. The largest absolute Gasteiger partial charge is 0.457 e. The lowest BCUT2D eigenvalue weighted by Crippen LogP contribution is -2.48. The smallest absolute Gasteiger partial charge is 0.244 e. The van der Waals surface area contributed by atoms with E-state index in [1.165, 1.54) is 11.1 Å². The van der Waals surface area contributed by atoms with Gasteiger partial charge in [0.05, 0.1) is 18.0 Å². The van der Waals surface area contributed by atoms with Gasteiger partial charge < -0.3 is 10.1 Å². The van der Waals surface area contributed by atoms with Gasteiger partial charge in [0.1, 0.15) is 17.5 Å². The van der Waals surface area contributed by atoms with Crippen LogP contribution in [-0.2, 0) is 27.7 Å². The number of carbonyl (C=O) groups is 1. The minimum atomic E-state index is -3.71. The van der Waals surface area contributed by atoms with Crippen LogP contribution in [0.4, 0.5) is 5.69 Å². The van der Waals surface area contributed by atoms with Crippen LogP contribution in [0.15, 0.2) is 72.8 Å². The Balaban J connectivity index is 1.49. The average Bonchev–Trinajstić information content (AvgIpc) is 3.28. The fourth-order valence-corrected chi connectivity index (χ4v) is 5.55. The summed E-state index contributed by atoms with van der Waals surface area (Å²) in [5.74, 6) is 0.900. The van der Waals surface area contributed by atoms with Gasteiger partial charge in [-0.15, -0.1) is 0 Å². The zero-order valence-corrected chi connectivity index (χ0v) is 20.5. The Morgan fingerprint density at radius 2 is 1.56 bits per heavy atom. The number of fused-ring (bicyclic) bond motifs is 1. The minimum Gasteiger partial charge on any atom is -0.457 e. The van der Waals surface area contributed by atoms with Crippen molar-refractivity contribution in [3.05, 3.63) is 89.5 Å². The topological polar surface area (TPSA) is 75.7 Å². The molecule has 0 heterocycles. The molecule has 4 rings (SSSR count). The van der Waals surface area contributed by atoms with Crippen molar-refractivity contribution in [2.45, 2.75) is 45.2 Å². The molecule has 6 nitrogen and oxygen atoms in total. The maximum Gasteiger partial charge on any atom is 0.244 e. The molecule has 0 aliphatic heterocycles. The Hall–Kier alpha value is -3.32. The van der Waals surface area contributed by atoms with Crippen LogP contribution >= 0.6 is 0 Å². The van der Waals surface area contributed by atoms with Gasteiger partial charge in [-0.3, -0.25) is 9.10 Å².